The second-order valence-corrected chi connectivity index (χ2v) is 6.76. The molecule has 0 fully saturated rings. The maximum atomic E-state index is 10.5. The molecule has 0 aromatic heterocycles. The first kappa shape index (κ1) is 17.3. The van der Waals surface area contributed by atoms with Crippen molar-refractivity contribution in [3.05, 3.63) is 109 Å². The second kappa shape index (κ2) is 7.61. The van der Waals surface area contributed by atoms with Crippen molar-refractivity contribution in [2.45, 2.75) is 13.0 Å². The highest BCUT2D eigenvalue weighted by Gasteiger charge is 2.16. The smallest absolute Gasteiger partial charge is 0.0768 e. The van der Waals surface area contributed by atoms with Crippen molar-refractivity contribution < 1.29 is 5.11 Å². The summed E-state index contributed by atoms with van der Waals surface area (Å²) < 4.78 is 0. The van der Waals surface area contributed by atoms with Crippen molar-refractivity contribution in [2.75, 3.05) is 0 Å². The van der Waals surface area contributed by atoms with E-state index in [1.807, 2.05) is 37.3 Å². The van der Waals surface area contributed by atoms with Gasteiger partial charge in [0.15, 0.2) is 0 Å². The fourth-order valence-corrected chi connectivity index (χ4v) is 3.54. The third kappa shape index (κ3) is 3.55. The van der Waals surface area contributed by atoms with E-state index in [1.54, 1.807) is 0 Å². The minimum atomic E-state index is -0.549. The van der Waals surface area contributed by atoms with Crippen molar-refractivity contribution in [3.63, 3.8) is 0 Å². The highest BCUT2D eigenvalue weighted by atomic mass is 16.3. The molecule has 4 aromatic rings. The van der Waals surface area contributed by atoms with Crippen LogP contribution in [0.1, 0.15) is 18.6 Å². The van der Waals surface area contributed by atoms with Crippen molar-refractivity contribution in [2.24, 2.45) is 0 Å². The average molecular weight is 350 g/mol. The molecule has 0 saturated heterocycles. The zero-order valence-electron chi connectivity index (χ0n) is 15.3. The van der Waals surface area contributed by atoms with Crippen LogP contribution < -0.4 is 0 Å². The fourth-order valence-electron chi connectivity index (χ4n) is 3.54. The Morgan fingerprint density at radius 2 is 0.889 bits per heavy atom. The summed E-state index contributed by atoms with van der Waals surface area (Å²) in [7, 11) is 0. The van der Waals surface area contributed by atoms with Gasteiger partial charge in [-0.25, -0.2) is 0 Å². The number of benzene rings is 4. The molecule has 0 saturated carbocycles. The minimum Gasteiger partial charge on any atom is -0.389 e. The van der Waals surface area contributed by atoms with Gasteiger partial charge in [0.05, 0.1) is 6.10 Å². The quantitative estimate of drug-likeness (QED) is 0.432. The second-order valence-electron chi connectivity index (χ2n) is 6.76. The van der Waals surface area contributed by atoms with E-state index in [0.717, 1.165) is 27.8 Å². The standard InChI is InChI=1S/C26H22O/c1-19(27)23-17-25(21-13-7-3-8-14-21)26(22-15-9-4-10-16-22)18-24(23)20-11-5-2-6-12-20/h2-19,27H,1H3/t19-/m0/s1. The predicted octanol–water partition coefficient (Wildman–Crippen LogP) is 6.74. The van der Waals surface area contributed by atoms with Gasteiger partial charge in [0, 0.05) is 0 Å². The van der Waals surface area contributed by atoms with Crippen LogP contribution in [0.4, 0.5) is 0 Å². The highest BCUT2D eigenvalue weighted by molar-refractivity contribution is 5.88. The van der Waals surface area contributed by atoms with E-state index in [-0.39, 0.29) is 0 Å². The molecule has 0 aliphatic rings. The number of aliphatic hydroxyl groups excluding tert-OH is 1. The van der Waals surface area contributed by atoms with Crippen LogP contribution >= 0.6 is 0 Å². The van der Waals surface area contributed by atoms with Crippen molar-refractivity contribution in [1.29, 1.82) is 0 Å². The molecule has 0 radical (unpaired) electrons. The number of hydrogen-bond acceptors (Lipinski definition) is 1. The topological polar surface area (TPSA) is 20.2 Å². The van der Waals surface area contributed by atoms with E-state index in [2.05, 4.69) is 72.8 Å². The Bertz CT molecular complexity index is 1020. The molecule has 4 aromatic carbocycles. The van der Waals surface area contributed by atoms with Gasteiger partial charge in [-0.15, -0.1) is 0 Å². The van der Waals surface area contributed by atoms with Gasteiger partial charge >= 0.3 is 0 Å². The van der Waals surface area contributed by atoms with Crippen LogP contribution in [-0.2, 0) is 0 Å². The Kier molecular flexibility index (Phi) is 4.86. The van der Waals surface area contributed by atoms with Crippen LogP contribution in [0.25, 0.3) is 33.4 Å². The molecule has 1 N–H and O–H groups in total. The zero-order valence-corrected chi connectivity index (χ0v) is 15.3. The monoisotopic (exact) mass is 350 g/mol. The lowest BCUT2D eigenvalue weighted by molar-refractivity contribution is 0.200. The molecule has 0 heterocycles. The lowest BCUT2D eigenvalue weighted by Crippen LogP contribution is -1.98. The van der Waals surface area contributed by atoms with E-state index < -0.39 is 6.10 Å². The number of rotatable bonds is 4. The Labute approximate surface area is 160 Å². The zero-order chi connectivity index (χ0) is 18.6. The lowest BCUT2D eigenvalue weighted by Gasteiger charge is -2.19. The van der Waals surface area contributed by atoms with E-state index in [4.69, 9.17) is 0 Å². The Morgan fingerprint density at radius 1 is 0.519 bits per heavy atom. The van der Waals surface area contributed by atoms with Gasteiger partial charge in [0.25, 0.3) is 0 Å². The molecule has 0 bridgehead atoms. The first-order valence-corrected chi connectivity index (χ1v) is 9.26. The molecule has 4 rings (SSSR count). The molecule has 132 valence electrons. The fraction of sp³-hybridized carbons (Fsp3) is 0.0769. The molecular formula is C26H22O. The van der Waals surface area contributed by atoms with E-state index >= 15 is 0 Å². The summed E-state index contributed by atoms with van der Waals surface area (Å²) in [5.74, 6) is 0. The Morgan fingerprint density at radius 3 is 1.30 bits per heavy atom. The van der Waals surface area contributed by atoms with E-state index in [0.29, 0.717) is 0 Å². The minimum absolute atomic E-state index is 0.549. The molecular weight excluding hydrogens is 328 g/mol. The third-order valence-corrected chi connectivity index (χ3v) is 4.89. The SMILES string of the molecule is C[C@H](O)c1cc(-c2ccccc2)c(-c2ccccc2)cc1-c1ccccc1. The van der Waals surface area contributed by atoms with Crippen molar-refractivity contribution in [3.8, 4) is 33.4 Å². The first-order chi connectivity index (χ1) is 13.2. The summed E-state index contributed by atoms with van der Waals surface area (Å²) in [6.07, 6.45) is -0.549. The van der Waals surface area contributed by atoms with Gasteiger partial charge in [0.2, 0.25) is 0 Å². The van der Waals surface area contributed by atoms with Gasteiger partial charge < -0.3 is 5.11 Å². The van der Waals surface area contributed by atoms with Gasteiger partial charge in [-0.3, -0.25) is 0 Å². The third-order valence-electron chi connectivity index (χ3n) is 4.89. The largest absolute Gasteiger partial charge is 0.389 e. The van der Waals surface area contributed by atoms with Gasteiger partial charge in [-0.1, -0.05) is 91.0 Å². The molecule has 1 nitrogen and oxygen atoms in total. The molecule has 0 unspecified atom stereocenters. The lowest BCUT2D eigenvalue weighted by atomic mass is 9.86. The van der Waals surface area contributed by atoms with Gasteiger partial charge in [0.1, 0.15) is 0 Å². The maximum Gasteiger partial charge on any atom is 0.0768 e. The number of aliphatic hydroxyl groups is 1. The van der Waals surface area contributed by atoms with Crippen LogP contribution in [0, 0.1) is 0 Å². The summed E-state index contributed by atoms with van der Waals surface area (Å²) in [6, 6.07) is 35.5. The van der Waals surface area contributed by atoms with E-state index in [1.165, 1.54) is 11.1 Å². The maximum absolute atomic E-state index is 10.5. The van der Waals surface area contributed by atoms with E-state index in [9.17, 15) is 5.11 Å². The average Bonchev–Trinajstić information content (AvgIpc) is 2.74. The van der Waals surface area contributed by atoms with Crippen LogP contribution in [0.2, 0.25) is 0 Å². The summed E-state index contributed by atoms with van der Waals surface area (Å²) >= 11 is 0. The number of hydrogen-bond donors (Lipinski definition) is 1. The predicted molar refractivity (Wildman–Crippen MR) is 113 cm³/mol. The van der Waals surface area contributed by atoms with Crippen molar-refractivity contribution >= 4 is 0 Å². The summed E-state index contributed by atoms with van der Waals surface area (Å²) in [6.45, 7) is 1.83. The first-order valence-electron chi connectivity index (χ1n) is 9.26. The molecule has 0 spiro atoms. The van der Waals surface area contributed by atoms with Crippen molar-refractivity contribution in [1.82, 2.24) is 0 Å². The van der Waals surface area contributed by atoms with Crippen LogP contribution in [0.5, 0.6) is 0 Å². The van der Waals surface area contributed by atoms with Gasteiger partial charge in [-0.05, 0) is 58.0 Å². The summed E-state index contributed by atoms with van der Waals surface area (Å²) in [5.41, 5.74) is 7.76. The van der Waals surface area contributed by atoms with Gasteiger partial charge in [-0.2, -0.15) is 0 Å². The Hall–Kier alpha value is -3.16. The molecule has 0 aliphatic carbocycles. The molecule has 0 aliphatic heterocycles. The molecule has 0 amide bonds. The summed E-state index contributed by atoms with van der Waals surface area (Å²) in [4.78, 5) is 0. The van der Waals surface area contributed by atoms with Crippen LogP contribution in [0.15, 0.2) is 103 Å². The Balaban J connectivity index is 2.03. The molecule has 1 atom stereocenters. The highest BCUT2D eigenvalue weighted by Crippen LogP contribution is 2.39. The molecule has 27 heavy (non-hydrogen) atoms. The summed E-state index contributed by atoms with van der Waals surface area (Å²) in [5, 5.41) is 10.5. The normalized spacial score (nSPS) is 11.9. The molecule has 1 heteroatoms. The van der Waals surface area contributed by atoms with Crippen LogP contribution in [-0.4, -0.2) is 5.11 Å². The van der Waals surface area contributed by atoms with Crippen LogP contribution in [0.3, 0.4) is 0 Å².